The van der Waals surface area contributed by atoms with Crippen molar-refractivity contribution < 1.29 is 4.42 Å². The highest BCUT2D eigenvalue weighted by molar-refractivity contribution is 9.10. The lowest BCUT2D eigenvalue weighted by molar-refractivity contribution is 0.456. The van der Waals surface area contributed by atoms with Crippen molar-refractivity contribution in [2.75, 3.05) is 7.05 Å². The zero-order valence-electron chi connectivity index (χ0n) is 11.5. The number of rotatable bonds is 4. The maximum absolute atomic E-state index is 5.82. The molecule has 1 aromatic heterocycles. The lowest BCUT2D eigenvalue weighted by Crippen LogP contribution is -2.17. The predicted octanol–water partition coefficient (Wildman–Crippen LogP) is 3.81. The van der Waals surface area contributed by atoms with Gasteiger partial charge in [0.15, 0.2) is 0 Å². The van der Waals surface area contributed by atoms with Gasteiger partial charge in [0, 0.05) is 10.0 Å². The van der Waals surface area contributed by atoms with Crippen LogP contribution in [0.5, 0.6) is 0 Å². The van der Waals surface area contributed by atoms with Gasteiger partial charge in [0.25, 0.3) is 0 Å². The molecule has 0 radical (unpaired) electrons. The van der Waals surface area contributed by atoms with Crippen LogP contribution in [-0.2, 0) is 0 Å². The molecule has 2 aromatic carbocycles. The quantitative estimate of drug-likeness (QED) is 0.782. The first-order chi connectivity index (χ1) is 10.3. The van der Waals surface area contributed by atoms with Crippen LogP contribution < -0.4 is 5.32 Å². The van der Waals surface area contributed by atoms with E-state index in [-0.39, 0.29) is 6.04 Å². The van der Waals surface area contributed by atoms with Gasteiger partial charge in [-0.15, -0.1) is 10.2 Å². The van der Waals surface area contributed by atoms with Gasteiger partial charge in [-0.1, -0.05) is 46.3 Å². The fourth-order valence-corrected chi connectivity index (χ4v) is 2.40. The van der Waals surface area contributed by atoms with E-state index in [4.69, 9.17) is 4.42 Å². The third-order valence-electron chi connectivity index (χ3n) is 3.20. The summed E-state index contributed by atoms with van der Waals surface area (Å²) in [6.07, 6.45) is 0. The molecule has 1 atom stereocenters. The number of aromatic nitrogens is 2. The van der Waals surface area contributed by atoms with E-state index >= 15 is 0 Å². The highest BCUT2D eigenvalue weighted by atomic mass is 79.9. The maximum Gasteiger partial charge on any atom is 0.247 e. The summed E-state index contributed by atoms with van der Waals surface area (Å²) in [7, 11) is 1.88. The van der Waals surface area contributed by atoms with E-state index in [2.05, 4.69) is 31.4 Å². The number of hydrogen-bond acceptors (Lipinski definition) is 4. The molecule has 4 nitrogen and oxygen atoms in total. The van der Waals surface area contributed by atoms with E-state index < -0.39 is 0 Å². The molecule has 0 fully saturated rings. The minimum absolute atomic E-state index is 0.108. The Labute approximate surface area is 131 Å². The van der Waals surface area contributed by atoms with Crippen LogP contribution in [0.25, 0.3) is 11.5 Å². The van der Waals surface area contributed by atoms with Gasteiger partial charge < -0.3 is 9.73 Å². The van der Waals surface area contributed by atoms with Crippen molar-refractivity contribution in [3.05, 3.63) is 70.5 Å². The molecule has 0 aliphatic heterocycles. The molecule has 1 unspecified atom stereocenters. The van der Waals surface area contributed by atoms with Crippen molar-refractivity contribution in [1.29, 1.82) is 0 Å². The number of benzene rings is 2. The largest absolute Gasteiger partial charge is 0.419 e. The number of halogens is 1. The van der Waals surface area contributed by atoms with Crippen molar-refractivity contribution in [1.82, 2.24) is 15.5 Å². The Bertz CT molecular complexity index is 710. The first kappa shape index (κ1) is 14.0. The molecular weight excluding hydrogens is 330 g/mol. The molecule has 3 aromatic rings. The van der Waals surface area contributed by atoms with E-state index in [1.54, 1.807) is 0 Å². The molecule has 106 valence electrons. The third-order valence-corrected chi connectivity index (χ3v) is 3.73. The summed E-state index contributed by atoms with van der Waals surface area (Å²) in [5.74, 6) is 1.08. The van der Waals surface area contributed by atoms with E-state index in [0.717, 1.165) is 15.6 Å². The normalized spacial score (nSPS) is 12.3. The molecule has 0 bridgehead atoms. The van der Waals surface area contributed by atoms with Gasteiger partial charge in [0.05, 0.1) is 0 Å². The van der Waals surface area contributed by atoms with Crippen molar-refractivity contribution in [3.63, 3.8) is 0 Å². The van der Waals surface area contributed by atoms with Gasteiger partial charge in [0.2, 0.25) is 11.8 Å². The second kappa shape index (κ2) is 6.20. The van der Waals surface area contributed by atoms with Gasteiger partial charge >= 0.3 is 0 Å². The monoisotopic (exact) mass is 343 g/mol. The van der Waals surface area contributed by atoms with Gasteiger partial charge in [-0.3, -0.25) is 0 Å². The summed E-state index contributed by atoms with van der Waals surface area (Å²) >= 11 is 3.41. The Morgan fingerprint density at radius 1 is 1.00 bits per heavy atom. The summed E-state index contributed by atoms with van der Waals surface area (Å²) < 4.78 is 6.83. The molecule has 21 heavy (non-hydrogen) atoms. The Morgan fingerprint density at radius 2 is 1.71 bits per heavy atom. The van der Waals surface area contributed by atoms with Gasteiger partial charge in [-0.05, 0) is 36.9 Å². The summed E-state index contributed by atoms with van der Waals surface area (Å²) in [6, 6.07) is 17.7. The molecule has 0 amide bonds. The van der Waals surface area contributed by atoms with Crippen LogP contribution in [-0.4, -0.2) is 17.2 Å². The summed E-state index contributed by atoms with van der Waals surface area (Å²) in [4.78, 5) is 0. The Morgan fingerprint density at radius 3 is 2.38 bits per heavy atom. The molecule has 3 rings (SSSR count). The minimum atomic E-state index is -0.108. The molecule has 0 saturated heterocycles. The van der Waals surface area contributed by atoms with Crippen molar-refractivity contribution in [2.24, 2.45) is 0 Å². The average Bonchev–Trinajstić information content (AvgIpc) is 2.99. The van der Waals surface area contributed by atoms with Crippen LogP contribution in [0, 0.1) is 0 Å². The van der Waals surface area contributed by atoms with Crippen LogP contribution in [0.2, 0.25) is 0 Å². The lowest BCUT2D eigenvalue weighted by Gasteiger charge is -2.11. The topological polar surface area (TPSA) is 51.0 Å². The number of nitrogens with one attached hydrogen (secondary N) is 1. The average molecular weight is 344 g/mol. The highest BCUT2D eigenvalue weighted by Crippen LogP contribution is 2.25. The SMILES string of the molecule is CNC(c1ccccc1)c1nnc(-c2ccc(Br)cc2)o1. The van der Waals surface area contributed by atoms with Crippen LogP contribution >= 0.6 is 15.9 Å². The lowest BCUT2D eigenvalue weighted by atomic mass is 10.1. The second-order valence-corrected chi connectivity index (χ2v) is 5.50. The number of hydrogen-bond donors (Lipinski definition) is 1. The van der Waals surface area contributed by atoms with Crippen molar-refractivity contribution >= 4 is 15.9 Å². The molecule has 0 aliphatic carbocycles. The molecule has 1 heterocycles. The smallest absolute Gasteiger partial charge is 0.247 e. The molecule has 5 heteroatoms. The molecule has 0 aliphatic rings. The summed E-state index contributed by atoms with van der Waals surface area (Å²) in [5, 5.41) is 11.5. The Kier molecular flexibility index (Phi) is 4.13. The minimum Gasteiger partial charge on any atom is -0.419 e. The Balaban J connectivity index is 1.92. The second-order valence-electron chi connectivity index (χ2n) is 4.58. The fraction of sp³-hybridized carbons (Fsp3) is 0.125. The van der Waals surface area contributed by atoms with Crippen molar-refractivity contribution in [3.8, 4) is 11.5 Å². The van der Waals surface area contributed by atoms with Crippen LogP contribution in [0.3, 0.4) is 0 Å². The van der Waals surface area contributed by atoms with Crippen LogP contribution in [0.4, 0.5) is 0 Å². The first-order valence-electron chi connectivity index (χ1n) is 6.59. The maximum atomic E-state index is 5.82. The zero-order valence-corrected chi connectivity index (χ0v) is 13.0. The van der Waals surface area contributed by atoms with Gasteiger partial charge in [0.1, 0.15) is 6.04 Å². The number of nitrogens with zero attached hydrogens (tertiary/aromatic N) is 2. The third kappa shape index (κ3) is 3.04. The van der Waals surface area contributed by atoms with Crippen LogP contribution in [0.15, 0.2) is 63.5 Å². The molecule has 0 spiro atoms. The van der Waals surface area contributed by atoms with Crippen LogP contribution in [0.1, 0.15) is 17.5 Å². The zero-order chi connectivity index (χ0) is 14.7. The van der Waals surface area contributed by atoms with E-state index in [1.165, 1.54) is 0 Å². The van der Waals surface area contributed by atoms with E-state index in [1.807, 2.05) is 61.6 Å². The molecule has 0 saturated carbocycles. The highest BCUT2D eigenvalue weighted by Gasteiger charge is 2.19. The van der Waals surface area contributed by atoms with Gasteiger partial charge in [-0.25, -0.2) is 0 Å². The predicted molar refractivity (Wildman–Crippen MR) is 84.8 cm³/mol. The van der Waals surface area contributed by atoms with Crippen molar-refractivity contribution in [2.45, 2.75) is 6.04 Å². The summed E-state index contributed by atoms with van der Waals surface area (Å²) in [5.41, 5.74) is 1.99. The standard InChI is InChI=1S/C16H14BrN3O/c1-18-14(11-5-3-2-4-6-11)16-20-19-15(21-16)12-7-9-13(17)10-8-12/h2-10,14,18H,1H3. The van der Waals surface area contributed by atoms with Gasteiger partial charge in [-0.2, -0.15) is 0 Å². The van der Waals surface area contributed by atoms with E-state index in [0.29, 0.717) is 11.8 Å². The fourth-order valence-electron chi connectivity index (χ4n) is 2.14. The first-order valence-corrected chi connectivity index (χ1v) is 7.39. The Hall–Kier alpha value is -1.98. The van der Waals surface area contributed by atoms with E-state index in [9.17, 15) is 0 Å². The molecule has 1 N–H and O–H groups in total. The molecular formula is C16H14BrN3O. The summed E-state index contributed by atoms with van der Waals surface area (Å²) in [6.45, 7) is 0.